The van der Waals surface area contributed by atoms with E-state index in [0.29, 0.717) is 23.0 Å². The van der Waals surface area contributed by atoms with E-state index in [1.807, 2.05) is 0 Å². The quantitative estimate of drug-likeness (QED) is 0.445. The third-order valence-electron chi connectivity index (χ3n) is 3.80. The van der Waals surface area contributed by atoms with Gasteiger partial charge in [0.05, 0.1) is 18.6 Å². The van der Waals surface area contributed by atoms with Gasteiger partial charge in [0.15, 0.2) is 0 Å². The SMILES string of the molecule is C=CCNC(=O)CC1CC(=O)NC(SCC(=O)Nc2cc(Cl)ccc2OC)N1. The van der Waals surface area contributed by atoms with Crippen molar-refractivity contribution in [3.63, 3.8) is 0 Å². The molecule has 0 aromatic heterocycles. The van der Waals surface area contributed by atoms with Crippen LogP contribution >= 0.6 is 23.4 Å². The Hall–Kier alpha value is -2.23. The summed E-state index contributed by atoms with van der Waals surface area (Å²) >= 11 is 7.17. The lowest BCUT2D eigenvalue weighted by Gasteiger charge is -2.30. The summed E-state index contributed by atoms with van der Waals surface area (Å²) in [6.45, 7) is 3.92. The van der Waals surface area contributed by atoms with Crippen LogP contribution in [0.25, 0.3) is 0 Å². The summed E-state index contributed by atoms with van der Waals surface area (Å²) in [7, 11) is 1.50. The number of amides is 3. The molecule has 1 fully saturated rings. The molecule has 10 heteroatoms. The van der Waals surface area contributed by atoms with Gasteiger partial charge in [-0.1, -0.05) is 17.7 Å². The van der Waals surface area contributed by atoms with Gasteiger partial charge in [0, 0.05) is 30.5 Å². The molecule has 2 rings (SSSR count). The van der Waals surface area contributed by atoms with Crippen molar-refractivity contribution in [2.75, 3.05) is 24.7 Å². The Labute approximate surface area is 172 Å². The zero-order valence-corrected chi connectivity index (χ0v) is 17.0. The van der Waals surface area contributed by atoms with Gasteiger partial charge in [-0.3, -0.25) is 19.7 Å². The molecular formula is C18H23ClN4O4S. The molecule has 1 aromatic carbocycles. The van der Waals surface area contributed by atoms with Crippen molar-refractivity contribution >= 4 is 46.8 Å². The van der Waals surface area contributed by atoms with E-state index < -0.39 is 5.50 Å². The predicted molar refractivity (Wildman–Crippen MR) is 110 cm³/mol. The fourth-order valence-electron chi connectivity index (χ4n) is 2.57. The van der Waals surface area contributed by atoms with Crippen LogP contribution in [-0.4, -0.2) is 48.7 Å². The second-order valence-corrected chi connectivity index (χ2v) is 7.55. The van der Waals surface area contributed by atoms with Crippen molar-refractivity contribution in [2.45, 2.75) is 24.4 Å². The third-order valence-corrected chi connectivity index (χ3v) is 5.05. The van der Waals surface area contributed by atoms with E-state index in [1.165, 1.54) is 18.9 Å². The maximum atomic E-state index is 12.2. The molecule has 1 heterocycles. The zero-order valence-electron chi connectivity index (χ0n) is 15.4. The van der Waals surface area contributed by atoms with Crippen molar-refractivity contribution in [2.24, 2.45) is 0 Å². The number of anilines is 1. The number of hydrogen-bond acceptors (Lipinski definition) is 6. The van der Waals surface area contributed by atoms with Gasteiger partial charge in [-0.05, 0) is 18.2 Å². The number of hydrogen-bond donors (Lipinski definition) is 4. The molecule has 152 valence electrons. The van der Waals surface area contributed by atoms with Gasteiger partial charge in [-0.2, -0.15) is 0 Å². The van der Waals surface area contributed by atoms with Crippen LogP contribution in [-0.2, 0) is 14.4 Å². The van der Waals surface area contributed by atoms with Crippen molar-refractivity contribution in [1.82, 2.24) is 16.0 Å². The van der Waals surface area contributed by atoms with Crippen LogP contribution in [0.4, 0.5) is 5.69 Å². The third kappa shape index (κ3) is 7.06. The second kappa shape index (κ2) is 10.9. The van der Waals surface area contributed by atoms with E-state index in [1.54, 1.807) is 24.3 Å². The van der Waals surface area contributed by atoms with Crippen LogP contribution in [0, 0.1) is 0 Å². The van der Waals surface area contributed by atoms with Gasteiger partial charge in [0.2, 0.25) is 17.7 Å². The largest absolute Gasteiger partial charge is 0.495 e. The summed E-state index contributed by atoms with van der Waals surface area (Å²) in [5.74, 6) is -0.0237. The molecule has 28 heavy (non-hydrogen) atoms. The Morgan fingerprint density at radius 3 is 2.93 bits per heavy atom. The highest BCUT2D eigenvalue weighted by atomic mass is 35.5. The van der Waals surface area contributed by atoms with Gasteiger partial charge in [-0.15, -0.1) is 18.3 Å². The Kier molecular flexibility index (Phi) is 8.62. The van der Waals surface area contributed by atoms with Gasteiger partial charge in [-0.25, -0.2) is 0 Å². The van der Waals surface area contributed by atoms with Crippen molar-refractivity contribution < 1.29 is 19.1 Å². The molecule has 1 aliphatic rings. The molecule has 0 spiro atoms. The Morgan fingerprint density at radius 1 is 1.43 bits per heavy atom. The fraction of sp³-hybridized carbons (Fsp3) is 0.389. The van der Waals surface area contributed by atoms with Crippen LogP contribution in [0.3, 0.4) is 0 Å². The van der Waals surface area contributed by atoms with E-state index in [-0.39, 0.29) is 42.4 Å². The van der Waals surface area contributed by atoms with Crippen LogP contribution in [0.5, 0.6) is 5.75 Å². The number of carbonyl (C=O) groups excluding carboxylic acids is 3. The number of benzene rings is 1. The molecule has 1 aliphatic heterocycles. The molecule has 2 unspecified atom stereocenters. The summed E-state index contributed by atoms with van der Waals surface area (Å²) in [6, 6.07) is 4.63. The average molecular weight is 427 g/mol. The van der Waals surface area contributed by atoms with E-state index >= 15 is 0 Å². The van der Waals surface area contributed by atoms with E-state index in [4.69, 9.17) is 16.3 Å². The summed E-state index contributed by atoms with van der Waals surface area (Å²) in [5.41, 5.74) is 0.00321. The van der Waals surface area contributed by atoms with Gasteiger partial charge >= 0.3 is 0 Å². The first-order valence-electron chi connectivity index (χ1n) is 8.59. The molecule has 1 saturated heterocycles. The summed E-state index contributed by atoms with van der Waals surface area (Å²) in [6.07, 6.45) is 1.96. The van der Waals surface area contributed by atoms with E-state index in [0.717, 1.165) is 0 Å². The summed E-state index contributed by atoms with van der Waals surface area (Å²) in [4.78, 5) is 36.0. The van der Waals surface area contributed by atoms with Crippen LogP contribution in [0.1, 0.15) is 12.8 Å². The standard InChI is InChI=1S/C18H23ClN4O4S/c1-3-6-20-15(24)8-12-9-16(25)23-18(21-12)28-10-17(26)22-13-7-11(19)4-5-14(13)27-2/h3-5,7,12,18,21H,1,6,8-10H2,2H3,(H,20,24)(H,22,26)(H,23,25). The lowest BCUT2D eigenvalue weighted by molar-refractivity contribution is -0.125. The van der Waals surface area contributed by atoms with Crippen LogP contribution < -0.4 is 26.0 Å². The van der Waals surface area contributed by atoms with E-state index in [9.17, 15) is 14.4 Å². The minimum Gasteiger partial charge on any atom is -0.495 e. The molecule has 0 radical (unpaired) electrons. The summed E-state index contributed by atoms with van der Waals surface area (Å²) < 4.78 is 5.20. The fourth-order valence-corrected chi connectivity index (χ4v) is 3.64. The molecular weight excluding hydrogens is 404 g/mol. The van der Waals surface area contributed by atoms with E-state index in [2.05, 4.69) is 27.8 Å². The number of thioether (sulfide) groups is 1. The second-order valence-electron chi connectivity index (χ2n) is 6.02. The molecule has 0 saturated carbocycles. The Morgan fingerprint density at radius 2 is 2.21 bits per heavy atom. The molecule has 1 aromatic rings. The molecule has 0 bridgehead atoms. The highest BCUT2D eigenvalue weighted by Gasteiger charge is 2.28. The average Bonchev–Trinajstić information content (AvgIpc) is 2.64. The van der Waals surface area contributed by atoms with Crippen LogP contribution in [0.2, 0.25) is 5.02 Å². The number of ether oxygens (including phenoxy) is 1. The van der Waals surface area contributed by atoms with Gasteiger partial charge in [0.25, 0.3) is 0 Å². The first-order valence-corrected chi connectivity index (χ1v) is 10.0. The maximum absolute atomic E-state index is 12.2. The molecule has 8 nitrogen and oxygen atoms in total. The molecule has 3 amide bonds. The molecule has 0 aliphatic carbocycles. The van der Waals surface area contributed by atoms with Crippen molar-refractivity contribution in [3.8, 4) is 5.75 Å². The molecule has 2 atom stereocenters. The van der Waals surface area contributed by atoms with Gasteiger partial charge in [0.1, 0.15) is 11.2 Å². The normalized spacial score (nSPS) is 18.7. The maximum Gasteiger partial charge on any atom is 0.234 e. The van der Waals surface area contributed by atoms with Crippen molar-refractivity contribution in [1.29, 1.82) is 0 Å². The van der Waals surface area contributed by atoms with Crippen LogP contribution in [0.15, 0.2) is 30.9 Å². The number of nitrogens with one attached hydrogen (secondary N) is 4. The van der Waals surface area contributed by atoms with Crippen molar-refractivity contribution in [3.05, 3.63) is 35.9 Å². The first-order chi connectivity index (χ1) is 13.4. The number of methoxy groups -OCH3 is 1. The number of halogens is 1. The highest BCUT2D eigenvalue weighted by molar-refractivity contribution is 8.00. The Bertz CT molecular complexity index is 746. The topological polar surface area (TPSA) is 109 Å². The number of rotatable bonds is 9. The lowest BCUT2D eigenvalue weighted by Crippen LogP contribution is -2.56. The lowest BCUT2D eigenvalue weighted by atomic mass is 10.1. The zero-order chi connectivity index (χ0) is 20.5. The predicted octanol–water partition coefficient (Wildman–Crippen LogP) is 1.47. The smallest absolute Gasteiger partial charge is 0.234 e. The minimum atomic E-state index is -0.467. The monoisotopic (exact) mass is 426 g/mol. The Balaban J connectivity index is 1.84. The minimum absolute atomic E-state index is 0.0863. The number of carbonyl (C=O) groups is 3. The van der Waals surface area contributed by atoms with Gasteiger partial charge < -0.3 is 20.7 Å². The highest BCUT2D eigenvalue weighted by Crippen LogP contribution is 2.27. The molecule has 4 N–H and O–H groups in total. The first kappa shape index (κ1) is 22.1. The summed E-state index contributed by atoms with van der Waals surface area (Å²) in [5, 5.41) is 11.8.